The minimum Gasteiger partial charge on any atom is -0.870 e. The van der Waals surface area contributed by atoms with Crippen LogP contribution in [0.2, 0.25) is 20.1 Å². The predicted octanol–water partition coefficient (Wildman–Crippen LogP) is 2.45. The Hall–Kier alpha value is -0.0200. The van der Waals surface area contributed by atoms with Gasteiger partial charge in [-0.1, -0.05) is 57.9 Å². The molecule has 0 saturated heterocycles. The van der Waals surface area contributed by atoms with E-state index < -0.39 is 31.6 Å². The summed E-state index contributed by atoms with van der Waals surface area (Å²) in [6, 6.07) is 0. The molecule has 0 spiro atoms. The smallest absolute Gasteiger partial charge is 0.0523 e. The number of benzene rings is 1. The van der Waals surface area contributed by atoms with E-state index >= 15 is 0 Å². The van der Waals surface area contributed by atoms with Crippen LogP contribution < -0.4 is 10.2 Å². The maximum Gasteiger partial charge on any atom is 0.0523 e. The standard InChI is InChI=1S/C6H2Cl4O2/c7-1-2(8)6(12)4(10)3(9)5(1)11/h11-12H/p-2. The lowest BCUT2D eigenvalue weighted by Gasteiger charge is -2.20. The molecule has 1 aromatic carbocycles. The third-order valence-corrected chi connectivity index (χ3v) is 2.82. The highest BCUT2D eigenvalue weighted by Crippen LogP contribution is 2.46. The molecule has 0 aliphatic heterocycles. The van der Waals surface area contributed by atoms with Gasteiger partial charge in [-0.3, -0.25) is 0 Å². The van der Waals surface area contributed by atoms with Crippen LogP contribution in [0.5, 0.6) is 11.5 Å². The van der Waals surface area contributed by atoms with Gasteiger partial charge < -0.3 is 10.2 Å². The monoisotopic (exact) mass is 244 g/mol. The molecule has 0 amide bonds. The normalized spacial score (nSPS) is 10.3. The topological polar surface area (TPSA) is 46.1 Å². The molecule has 0 saturated carbocycles. The van der Waals surface area contributed by atoms with Crippen molar-refractivity contribution in [1.82, 2.24) is 0 Å². The van der Waals surface area contributed by atoms with Crippen molar-refractivity contribution in [2.24, 2.45) is 0 Å². The zero-order valence-electron chi connectivity index (χ0n) is 5.33. The van der Waals surface area contributed by atoms with Crippen LogP contribution in [0.1, 0.15) is 0 Å². The molecule has 0 fully saturated rings. The van der Waals surface area contributed by atoms with Gasteiger partial charge in [-0.05, 0) is 0 Å². The first-order valence-electron chi connectivity index (χ1n) is 2.66. The summed E-state index contributed by atoms with van der Waals surface area (Å²) in [5, 5.41) is 20.4. The molecule has 0 aliphatic rings. The molecule has 6 heteroatoms. The molecule has 0 heterocycles. The largest absolute Gasteiger partial charge is 0.870 e. The second-order valence-corrected chi connectivity index (χ2v) is 3.43. The Morgan fingerprint density at radius 2 is 0.750 bits per heavy atom. The maximum atomic E-state index is 11.0. The Morgan fingerprint density at radius 3 is 0.917 bits per heavy atom. The third kappa shape index (κ3) is 1.40. The lowest BCUT2D eigenvalue weighted by molar-refractivity contribution is -0.274. The van der Waals surface area contributed by atoms with Gasteiger partial charge in [-0.15, -0.1) is 0 Å². The van der Waals surface area contributed by atoms with Gasteiger partial charge >= 0.3 is 0 Å². The Kier molecular flexibility index (Phi) is 2.84. The summed E-state index contributed by atoms with van der Waals surface area (Å²) in [6.07, 6.45) is 0. The van der Waals surface area contributed by atoms with Crippen molar-refractivity contribution in [3.05, 3.63) is 20.1 Å². The van der Waals surface area contributed by atoms with Crippen molar-refractivity contribution >= 4 is 46.4 Å². The summed E-state index contributed by atoms with van der Waals surface area (Å²) in [5.74, 6) is -1.46. The quantitative estimate of drug-likeness (QED) is 0.660. The van der Waals surface area contributed by atoms with E-state index in [0.29, 0.717) is 0 Å². The highest BCUT2D eigenvalue weighted by atomic mass is 35.5. The second kappa shape index (κ2) is 3.38. The van der Waals surface area contributed by atoms with E-state index in [1.54, 1.807) is 0 Å². The van der Waals surface area contributed by atoms with Crippen molar-refractivity contribution in [2.75, 3.05) is 0 Å². The van der Waals surface area contributed by atoms with E-state index in [1.165, 1.54) is 0 Å². The van der Waals surface area contributed by atoms with E-state index in [9.17, 15) is 10.2 Å². The van der Waals surface area contributed by atoms with Crippen LogP contribution in [0.4, 0.5) is 0 Å². The Bertz CT molecular complexity index is 232. The maximum absolute atomic E-state index is 11.0. The summed E-state index contributed by atoms with van der Waals surface area (Å²) >= 11 is 21.5. The fraction of sp³-hybridized carbons (Fsp3) is 0. The van der Waals surface area contributed by atoms with Crippen LogP contribution in [0.3, 0.4) is 0 Å². The molecule has 0 unspecified atom stereocenters. The number of rotatable bonds is 0. The molecule has 1 aromatic rings. The summed E-state index contributed by atoms with van der Waals surface area (Å²) in [7, 11) is 0. The average Bonchev–Trinajstić information content (AvgIpc) is 2.08. The molecule has 66 valence electrons. The SMILES string of the molecule is [O-]c1c(Cl)c(Cl)c([O-])c(Cl)c1Cl. The molecular formula is C6Cl4O2-2. The zero-order chi connectivity index (χ0) is 9.46. The van der Waals surface area contributed by atoms with E-state index in [-0.39, 0.29) is 0 Å². The summed E-state index contributed by atoms with van der Waals surface area (Å²) < 4.78 is 0. The lowest BCUT2D eigenvalue weighted by atomic mass is 10.3. The van der Waals surface area contributed by atoms with E-state index in [2.05, 4.69) is 0 Å². The minimum absolute atomic E-state index is 0.393. The average molecular weight is 246 g/mol. The molecule has 0 atom stereocenters. The fourth-order valence-corrected chi connectivity index (χ4v) is 1.41. The molecule has 0 radical (unpaired) electrons. The van der Waals surface area contributed by atoms with Crippen molar-refractivity contribution in [1.29, 1.82) is 0 Å². The van der Waals surface area contributed by atoms with Crippen LogP contribution in [0.15, 0.2) is 0 Å². The van der Waals surface area contributed by atoms with Gasteiger partial charge in [-0.2, -0.15) is 0 Å². The Balaban J connectivity index is 3.60. The predicted molar refractivity (Wildman–Crippen MR) is 45.4 cm³/mol. The van der Waals surface area contributed by atoms with Gasteiger partial charge in [0, 0.05) is 0 Å². The number of hydrogen-bond donors (Lipinski definition) is 0. The third-order valence-electron chi connectivity index (χ3n) is 1.18. The van der Waals surface area contributed by atoms with Gasteiger partial charge in [0.15, 0.2) is 0 Å². The Labute approximate surface area is 88.2 Å². The lowest BCUT2D eigenvalue weighted by Crippen LogP contribution is -1.99. The fourth-order valence-electron chi connectivity index (χ4n) is 0.591. The highest BCUT2D eigenvalue weighted by molar-refractivity contribution is 6.50. The first-order chi connectivity index (χ1) is 5.46. The van der Waals surface area contributed by atoms with Crippen LogP contribution in [0, 0.1) is 0 Å². The number of halogens is 4. The zero-order valence-corrected chi connectivity index (χ0v) is 8.35. The van der Waals surface area contributed by atoms with Crippen LogP contribution in [-0.2, 0) is 0 Å². The molecule has 0 aliphatic carbocycles. The van der Waals surface area contributed by atoms with E-state index in [1.807, 2.05) is 0 Å². The van der Waals surface area contributed by atoms with Gasteiger partial charge in [0.2, 0.25) is 0 Å². The van der Waals surface area contributed by atoms with E-state index in [4.69, 9.17) is 46.4 Å². The highest BCUT2D eigenvalue weighted by Gasteiger charge is 2.08. The van der Waals surface area contributed by atoms with Crippen molar-refractivity contribution < 1.29 is 10.2 Å². The first kappa shape index (κ1) is 10.1. The van der Waals surface area contributed by atoms with Crippen LogP contribution >= 0.6 is 46.4 Å². The Morgan fingerprint density at radius 1 is 0.583 bits per heavy atom. The molecule has 1 rings (SSSR count). The molecule has 0 N–H and O–H groups in total. The van der Waals surface area contributed by atoms with Crippen LogP contribution in [0.25, 0.3) is 0 Å². The molecule has 2 nitrogen and oxygen atoms in total. The van der Waals surface area contributed by atoms with Crippen molar-refractivity contribution in [3.63, 3.8) is 0 Å². The van der Waals surface area contributed by atoms with Crippen molar-refractivity contribution in [3.8, 4) is 11.5 Å². The first-order valence-corrected chi connectivity index (χ1v) is 4.18. The minimum atomic E-state index is -0.729. The molecule has 12 heavy (non-hydrogen) atoms. The van der Waals surface area contributed by atoms with Gasteiger partial charge in [-0.25, -0.2) is 0 Å². The van der Waals surface area contributed by atoms with Gasteiger partial charge in [0.05, 0.1) is 20.1 Å². The number of hydrogen-bond acceptors (Lipinski definition) is 2. The second-order valence-electron chi connectivity index (χ2n) is 1.91. The van der Waals surface area contributed by atoms with Gasteiger partial charge in [0.1, 0.15) is 0 Å². The summed E-state index contributed by atoms with van der Waals surface area (Å²) in [6.45, 7) is 0. The molecule has 0 bridgehead atoms. The molecular weight excluding hydrogens is 246 g/mol. The summed E-state index contributed by atoms with van der Waals surface area (Å²) in [4.78, 5) is 0. The summed E-state index contributed by atoms with van der Waals surface area (Å²) in [5.41, 5.74) is 0. The van der Waals surface area contributed by atoms with Gasteiger partial charge in [0.25, 0.3) is 0 Å². The van der Waals surface area contributed by atoms with E-state index in [0.717, 1.165) is 0 Å². The molecule has 0 aromatic heterocycles. The van der Waals surface area contributed by atoms with Crippen molar-refractivity contribution in [2.45, 2.75) is 0 Å². The van der Waals surface area contributed by atoms with Crippen LogP contribution in [-0.4, -0.2) is 0 Å².